The molecule has 20 heavy (non-hydrogen) atoms. The lowest BCUT2D eigenvalue weighted by Gasteiger charge is -2.24. The Morgan fingerprint density at radius 1 is 1.20 bits per heavy atom. The fourth-order valence-electron chi connectivity index (χ4n) is 2.43. The molecule has 1 atom stereocenters. The second kappa shape index (κ2) is 7.52. The zero-order valence-electron chi connectivity index (χ0n) is 14.0. The fourth-order valence-corrected chi connectivity index (χ4v) is 2.43. The molecule has 0 spiro atoms. The Bertz CT molecular complexity index is 438. The number of hydrogen-bond acceptors (Lipinski definition) is 1. The highest BCUT2D eigenvalue weighted by molar-refractivity contribution is 5.42. The van der Waals surface area contributed by atoms with Gasteiger partial charge in [-0.1, -0.05) is 52.0 Å². The van der Waals surface area contributed by atoms with Crippen molar-refractivity contribution in [3.8, 4) is 5.75 Å². The van der Waals surface area contributed by atoms with Crippen molar-refractivity contribution >= 4 is 0 Å². The first kappa shape index (κ1) is 16.8. The van der Waals surface area contributed by atoms with E-state index < -0.39 is 0 Å². The van der Waals surface area contributed by atoms with Gasteiger partial charge in [0.2, 0.25) is 0 Å². The van der Waals surface area contributed by atoms with Crippen LogP contribution in [0.4, 0.5) is 0 Å². The van der Waals surface area contributed by atoms with Gasteiger partial charge in [0.25, 0.3) is 0 Å². The Morgan fingerprint density at radius 2 is 1.90 bits per heavy atom. The van der Waals surface area contributed by atoms with Crippen LogP contribution in [0.1, 0.15) is 71.4 Å². The molecule has 1 nitrogen and oxygen atoms in total. The minimum Gasteiger partial charge on any atom is -0.494 e. The molecule has 0 radical (unpaired) electrons. The van der Waals surface area contributed by atoms with Crippen molar-refractivity contribution in [2.45, 2.75) is 65.7 Å². The predicted molar refractivity (Wildman–Crippen MR) is 88.8 cm³/mol. The SMILES string of the molecule is C/C=C\CC(CC)c1cc(C(C)(C)C)ccc1OCC. The average molecular weight is 274 g/mol. The minimum absolute atomic E-state index is 0.179. The quantitative estimate of drug-likeness (QED) is 0.592. The van der Waals surface area contributed by atoms with Crippen LogP contribution in [-0.4, -0.2) is 6.61 Å². The first-order chi connectivity index (χ1) is 9.43. The molecule has 0 bridgehead atoms. The van der Waals surface area contributed by atoms with Gasteiger partial charge in [-0.25, -0.2) is 0 Å². The van der Waals surface area contributed by atoms with Gasteiger partial charge < -0.3 is 4.74 Å². The summed E-state index contributed by atoms with van der Waals surface area (Å²) in [7, 11) is 0. The molecule has 0 heterocycles. The van der Waals surface area contributed by atoms with E-state index in [1.54, 1.807) is 0 Å². The maximum absolute atomic E-state index is 5.84. The maximum Gasteiger partial charge on any atom is 0.122 e. The van der Waals surface area contributed by atoms with Crippen LogP contribution in [0.15, 0.2) is 30.4 Å². The molecule has 1 heteroatoms. The molecular weight excluding hydrogens is 244 g/mol. The molecule has 0 saturated carbocycles. The minimum atomic E-state index is 0.179. The van der Waals surface area contributed by atoms with E-state index in [4.69, 9.17) is 4.74 Å². The van der Waals surface area contributed by atoms with Gasteiger partial charge in [0.05, 0.1) is 6.61 Å². The highest BCUT2D eigenvalue weighted by Crippen LogP contribution is 2.35. The molecule has 0 fully saturated rings. The van der Waals surface area contributed by atoms with Gasteiger partial charge in [0, 0.05) is 0 Å². The van der Waals surface area contributed by atoms with E-state index >= 15 is 0 Å². The normalized spacial score (nSPS) is 13.7. The Morgan fingerprint density at radius 3 is 2.40 bits per heavy atom. The third kappa shape index (κ3) is 4.40. The zero-order valence-corrected chi connectivity index (χ0v) is 14.0. The van der Waals surface area contributed by atoms with E-state index in [2.05, 4.69) is 65.0 Å². The van der Waals surface area contributed by atoms with Crippen LogP contribution in [0.5, 0.6) is 5.75 Å². The summed E-state index contributed by atoms with van der Waals surface area (Å²) < 4.78 is 5.84. The van der Waals surface area contributed by atoms with Gasteiger partial charge in [0.1, 0.15) is 5.75 Å². The standard InChI is InChI=1S/C19H30O/c1-7-10-11-15(8-2)17-14-16(19(4,5)6)12-13-18(17)20-9-3/h7,10,12-15H,8-9,11H2,1-6H3/b10-7-. The van der Waals surface area contributed by atoms with Crippen molar-refractivity contribution in [2.24, 2.45) is 0 Å². The highest BCUT2D eigenvalue weighted by atomic mass is 16.5. The second-order valence-corrected chi connectivity index (χ2v) is 6.35. The lowest BCUT2D eigenvalue weighted by Crippen LogP contribution is -2.13. The van der Waals surface area contributed by atoms with E-state index in [1.807, 2.05) is 6.92 Å². The topological polar surface area (TPSA) is 9.23 Å². The van der Waals surface area contributed by atoms with Crippen molar-refractivity contribution in [3.63, 3.8) is 0 Å². The monoisotopic (exact) mass is 274 g/mol. The molecule has 0 saturated heterocycles. The zero-order chi connectivity index (χ0) is 15.2. The van der Waals surface area contributed by atoms with Crippen molar-refractivity contribution < 1.29 is 4.74 Å². The molecule has 1 rings (SSSR count). The van der Waals surface area contributed by atoms with Gasteiger partial charge in [-0.2, -0.15) is 0 Å². The summed E-state index contributed by atoms with van der Waals surface area (Å²) in [5.41, 5.74) is 2.92. The van der Waals surface area contributed by atoms with E-state index in [0.29, 0.717) is 5.92 Å². The molecule has 112 valence electrons. The van der Waals surface area contributed by atoms with Crippen molar-refractivity contribution in [1.29, 1.82) is 0 Å². The molecule has 0 aliphatic heterocycles. The van der Waals surface area contributed by atoms with E-state index in [-0.39, 0.29) is 5.41 Å². The number of ether oxygens (including phenoxy) is 1. The first-order valence-corrected chi connectivity index (χ1v) is 7.82. The Labute approximate surface area is 125 Å². The Kier molecular flexibility index (Phi) is 6.32. The van der Waals surface area contributed by atoms with Gasteiger partial charge in [-0.3, -0.25) is 0 Å². The summed E-state index contributed by atoms with van der Waals surface area (Å²) in [6.07, 6.45) is 6.61. The van der Waals surface area contributed by atoms with Gasteiger partial charge in [-0.05, 0) is 55.2 Å². The van der Waals surface area contributed by atoms with Crippen LogP contribution in [0.25, 0.3) is 0 Å². The first-order valence-electron chi connectivity index (χ1n) is 7.82. The Balaban J connectivity index is 3.22. The van der Waals surface area contributed by atoms with Crippen LogP contribution < -0.4 is 4.74 Å². The summed E-state index contributed by atoms with van der Waals surface area (Å²) in [4.78, 5) is 0. The summed E-state index contributed by atoms with van der Waals surface area (Å²) in [6, 6.07) is 6.71. The molecule has 0 aliphatic carbocycles. The van der Waals surface area contributed by atoms with Gasteiger partial charge >= 0.3 is 0 Å². The summed E-state index contributed by atoms with van der Waals surface area (Å²) in [6.45, 7) is 13.9. The smallest absolute Gasteiger partial charge is 0.122 e. The van der Waals surface area contributed by atoms with Crippen LogP contribution >= 0.6 is 0 Å². The molecule has 0 amide bonds. The van der Waals surface area contributed by atoms with Crippen molar-refractivity contribution in [1.82, 2.24) is 0 Å². The van der Waals surface area contributed by atoms with E-state index in [1.165, 1.54) is 11.1 Å². The Hall–Kier alpha value is -1.24. The second-order valence-electron chi connectivity index (χ2n) is 6.35. The number of rotatable bonds is 6. The predicted octanol–water partition coefficient (Wildman–Crippen LogP) is 5.84. The summed E-state index contributed by atoms with van der Waals surface area (Å²) >= 11 is 0. The van der Waals surface area contributed by atoms with Gasteiger partial charge in [0.15, 0.2) is 0 Å². The summed E-state index contributed by atoms with van der Waals surface area (Å²) in [5.74, 6) is 1.59. The van der Waals surface area contributed by atoms with Crippen molar-refractivity contribution in [2.75, 3.05) is 6.61 Å². The largest absolute Gasteiger partial charge is 0.494 e. The number of allylic oxidation sites excluding steroid dienone is 2. The highest BCUT2D eigenvalue weighted by Gasteiger charge is 2.19. The third-order valence-electron chi connectivity index (χ3n) is 3.76. The molecule has 1 unspecified atom stereocenters. The van der Waals surface area contributed by atoms with Gasteiger partial charge in [-0.15, -0.1) is 0 Å². The average Bonchev–Trinajstić information content (AvgIpc) is 2.40. The third-order valence-corrected chi connectivity index (χ3v) is 3.76. The molecule has 1 aromatic rings. The van der Waals surface area contributed by atoms with Crippen LogP contribution in [0, 0.1) is 0 Å². The van der Waals surface area contributed by atoms with Crippen LogP contribution in [0.3, 0.4) is 0 Å². The van der Waals surface area contributed by atoms with Crippen molar-refractivity contribution in [3.05, 3.63) is 41.5 Å². The number of benzene rings is 1. The molecule has 0 N–H and O–H groups in total. The van der Waals surface area contributed by atoms with E-state index in [0.717, 1.165) is 25.2 Å². The van der Waals surface area contributed by atoms with E-state index in [9.17, 15) is 0 Å². The van der Waals surface area contributed by atoms with Crippen LogP contribution in [-0.2, 0) is 5.41 Å². The lowest BCUT2D eigenvalue weighted by atomic mass is 9.83. The molecular formula is C19H30O. The maximum atomic E-state index is 5.84. The lowest BCUT2D eigenvalue weighted by molar-refractivity contribution is 0.333. The molecule has 0 aliphatic rings. The fraction of sp³-hybridized carbons (Fsp3) is 0.579. The number of hydrogen-bond donors (Lipinski definition) is 0. The molecule has 0 aromatic heterocycles. The summed E-state index contributed by atoms with van der Waals surface area (Å²) in [5, 5.41) is 0. The van der Waals surface area contributed by atoms with Crippen LogP contribution in [0.2, 0.25) is 0 Å². The molecule has 1 aromatic carbocycles.